The zero-order valence-corrected chi connectivity index (χ0v) is 19.8. The third-order valence-corrected chi connectivity index (χ3v) is 4.94. The molecule has 0 aliphatic rings. The average Bonchev–Trinajstić information content (AvgIpc) is 3.25. The van der Waals surface area contributed by atoms with Gasteiger partial charge >= 0.3 is 11.4 Å². The molecule has 0 saturated heterocycles. The van der Waals surface area contributed by atoms with Crippen molar-refractivity contribution in [2.24, 2.45) is 0 Å². The first-order valence-electron chi connectivity index (χ1n) is 9.76. The molecule has 0 atom stereocenters. The van der Waals surface area contributed by atoms with E-state index >= 15 is 0 Å². The maximum Gasteiger partial charge on any atom is 0.330 e. The van der Waals surface area contributed by atoms with Gasteiger partial charge in [0.15, 0.2) is 0 Å². The molecule has 15 heteroatoms. The molecule has 0 aliphatic heterocycles. The molecule has 0 fully saturated rings. The van der Waals surface area contributed by atoms with Gasteiger partial charge in [0.2, 0.25) is 22.2 Å². The van der Waals surface area contributed by atoms with Crippen LogP contribution in [0.15, 0.2) is 55.1 Å². The third kappa shape index (κ3) is 6.43. The standard InChI is InChI=1S/C16H16N6O2.C4HCl2N3O2/c1-12-17-8-9-21(12)15-14(22(23)24)10-18-16(19-15)20(2)11-13-6-4-3-5-7-13;5-3-2(9(10)11)1-7-4(6)8-3/h3-10H,11H2,1-2H3;1H. The van der Waals surface area contributed by atoms with Crippen LogP contribution in [0.4, 0.5) is 17.3 Å². The second-order valence-corrected chi connectivity index (χ2v) is 7.59. The Morgan fingerprint density at radius 3 is 2.20 bits per heavy atom. The molecule has 3 heterocycles. The van der Waals surface area contributed by atoms with Gasteiger partial charge < -0.3 is 4.90 Å². The van der Waals surface area contributed by atoms with E-state index in [2.05, 4.69) is 24.9 Å². The Morgan fingerprint density at radius 1 is 0.971 bits per heavy atom. The van der Waals surface area contributed by atoms with Gasteiger partial charge in [-0.15, -0.1) is 0 Å². The fourth-order valence-corrected chi connectivity index (χ4v) is 3.21. The first-order chi connectivity index (χ1) is 16.7. The maximum atomic E-state index is 11.3. The van der Waals surface area contributed by atoms with Crippen molar-refractivity contribution in [3.8, 4) is 5.82 Å². The van der Waals surface area contributed by atoms with Crippen LogP contribution < -0.4 is 4.90 Å². The van der Waals surface area contributed by atoms with Crippen LogP contribution in [-0.2, 0) is 6.54 Å². The van der Waals surface area contributed by atoms with Crippen molar-refractivity contribution < 1.29 is 9.85 Å². The number of nitro groups is 2. The molecule has 0 radical (unpaired) electrons. The van der Waals surface area contributed by atoms with E-state index in [0.717, 1.165) is 11.8 Å². The number of aromatic nitrogens is 6. The lowest BCUT2D eigenvalue weighted by Gasteiger charge is -2.17. The molecule has 3 aromatic heterocycles. The topological polar surface area (TPSA) is 159 Å². The van der Waals surface area contributed by atoms with Crippen molar-refractivity contribution in [3.63, 3.8) is 0 Å². The molecule has 4 aromatic rings. The first-order valence-corrected chi connectivity index (χ1v) is 10.5. The Hall–Kier alpha value is -4.23. The summed E-state index contributed by atoms with van der Waals surface area (Å²) in [7, 11) is 1.85. The van der Waals surface area contributed by atoms with Gasteiger partial charge in [-0.05, 0) is 24.1 Å². The molecule has 0 spiro atoms. The molecule has 0 saturated carbocycles. The van der Waals surface area contributed by atoms with Gasteiger partial charge in [-0.2, -0.15) is 9.97 Å². The quantitative estimate of drug-likeness (QED) is 0.157. The summed E-state index contributed by atoms with van der Waals surface area (Å²) < 4.78 is 1.58. The number of halogens is 2. The van der Waals surface area contributed by atoms with Crippen LogP contribution in [0.5, 0.6) is 0 Å². The fourth-order valence-electron chi connectivity index (χ4n) is 2.83. The second-order valence-electron chi connectivity index (χ2n) is 6.89. The third-order valence-electron chi connectivity index (χ3n) is 4.48. The molecule has 0 aliphatic carbocycles. The average molecular weight is 518 g/mol. The number of anilines is 1. The summed E-state index contributed by atoms with van der Waals surface area (Å²) in [5, 5.41) is 21.0. The van der Waals surface area contributed by atoms with Crippen molar-refractivity contribution in [3.05, 3.63) is 97.2 Å². The largest absolute Gasteiger partial charge is 0.339 e. The molecular weight excluding hydrogens is 501 g/mol. The number of aryl methyl sites for hydroxylation is 1. The Kier molecular flexibility index (Phi) is 8.17. The minimum atomic E-state index is -0.682. The van der Waals surface area contributed by atoms with E-state index in [4.69, 9.17) is 23.2 Å². The lowest BCUT2D eigenvalue weighted by atomic mass is 10.2. The van der Waals surface area contributed by atoms with Gasteiger partial charge in [0.25, 0.3) is 0 Å². The van der Waals surface area contributed by atoms with E-state index in [0.29, 0.717) is 18.3 Å². The molecule has 0 bridgehead atoms. The normalized spacial score (nSPS) is 10.3. The Morgan fingerprint density at radius 2 is 1.63 bits per heavy atom. The number of benzene rings is 1. The summed E-state index contributed by atoms with van der Waals surface area (Å²) in [6, 6.07) is 9.87. The van der Waals surface area contributed by atoms with Crippen molar-refractivity contribution in [2.75, 3.05) is 11.9 Å². The number of rotatable bonds is 6. The summed E-state index contributed by atoms with van der Waals surface area (Å²) in [5.41, 5.74) is 0.589. The summed E-state index contributed by atoms with van der Waals surface area (Å²) >= 11 is 10.6. The predicted molar refractivity (Wildman–Crippen MR) is 128 cm³/mol. The molecule has 0 amide bonds. The van der Waals surface area contributed by atoms with E-state index in [-0.39, 0.29) is 27.6 Å². The minimum Gasteiger partial charge on any atom is -0.339 e. The Labute approximate surface area is 208 Å². The highest BCUT2D eigenvalue weighted by Crippen LogP contribution is 2.24. The number of hydrogen-bond donors (Lipinski definition) is 0. The van der Waals surface area contributed by atoms with Crippen LogP contribution in [0, 0.1) is 27.2 Å². The van der Waals surface area contributed by atoms with Crippen LogP contribution in [0.25, 0.3) is 5.82 Å². The van der Waals surface area contributed by atoms with Crippen molar-refractivity contribution >= 4 is 40.5 Å². The summed E-state index contributed by atoms with van der Waals surface area (Å²) in [6.45, 7) is 2.36. The Balaban J connectivity index is 0.000000261. The second kappa shape index (κ2) is 11.3. The van der Waals surface area contributed by atoms with Crippen molar-refractivity contribution in [1.82, 2.24) is 29.5 Å². The molecular formula is C20H17Cl2N9O4. The van der Waals surface area contributed by atoms with Gasteiger partial charge in [0.1, 0.15) is 18.2 Å². The van der Waals surface area contributed by atoms with E-state index < -0.39 is 9.85 Å². The van der Waals surface area contributed by atoms with Gasteiger partial charge in [-0.25, -0.2) is 15.0 Å². The van der Waals surface area contributed by atoms with Gasteiger partial charge in [0, 0.05) is 26.0 Å². The molecule has 180 valence electrons. The van der Waals surface area contributed by atoms with Crippen LogP contribution in [0.2, 0.25) is 10.4 Å². The van der Waals surface area contributed by atoms with Crippen LogP contribution >= 0.6 is 23.2 Å². The van der Waals surface area contributed by atoms with Crippen LogP contribution in [0.3, 0.4) is 0 Å². The number of nitrogens with zero attached hydrogens (tertiary/aromatic N) is 9. The fraction of sp³-hybridized carbons (Fsp3) is 0.150. The van der Waals surface area contributed by atoms with Crippen molar-refractivity contribution in [2.45, 2.75) is 13.5 Å². The number of hydrogen-bond acceptors (Lipinski definition) is 10. The smallest absolute Gasteiger partial charge is 0.330 e. The SMILES string of the molecule is Cc1nccn1-c1nc(N(C)Cc2ccccc2)ncc1[N+](=O)[O-].O=[N+]([O-])c1cnc(Cl)nc1Cl. The molecule has 1 aromatic carbocycles. The number of imidazole rings is 1. The summed E-state index contributed by atoms with van der Waals surface area (Å²) in [5.74, 6) is 1.24. The van der Waals surface area contributed by atoms with Gasteiger partial charge in [-0.1, -0.05) is 41.9 Å². The maximum absolute atomic E-state index is 11.3. The minimum absolute atomic E-state index is 0.111. The van der Waals surface area contributed by atoms with Gasteiger partial charge in [-0.3, -0.25) is 24.8 Å². The van der Waals surface area contributed by atoms with Crippen LogP contribution in [0.1, 0.15) is 11.4 Å². The van der Waals surface area contributed by atoms with Crippen molar-refractivity contribution in [1.29, 1.82) is 0 Å². The summed E-state index contributed by atoms with van der Waals surface area (Å²) in [4.78, 5) is 41.5. The zero-order valence-electron chi connectivity index (χ0n) is 18.3. The van der Waals surface area contributed by atoms with Crippen LogP contribution in [-0.4, -0.2) is 46.4 Å². The Bertz CT molecular complexity index is 1350. The highest BCUT2D eigenvalue weighted by atomic mass is 35.5. The highest BCUT2D eigenvalue weighted by Gasteiger charge is 2.21. The van der Waals surface area contributed by atoms with E-state index in [1.807, 2.05) is 42.3 Å². The summed E-state index contributed by atoms with van der Waals surface area (Å²) in [6.07, 6.45) is 5.41. The lowest BCUT2D eigenvalue weighted by molar-refractivity contribution is -0.385. The van der Waals surface area contributed by atoms with E-state index in [1.54, 1.807) is 23.9 Å². The monoisotopic (exact) mass is 517 g/mol. The molecule has 0 N–H and O–H groups in total. The molecule has 0 unspecified atom stereocenters. The molecule has 4 rings (SSSR count). The first kappa shape index (κ1) is 25.4. The lowest BCUT2D eigenvalue weighted by Crippen LogP contribution is -2.20. The predicted octanol–water partition coefficient (Wildman–Crippen LogP) is 4.21. The zero-order chi connectivity index (χ0) is 25.5. The van der Waals surface area contributed by atoms with Gasteiger partial charge in [0.05, 0.1) is 9.85 Å². The molecule has 13 nitrogen and oxygen atoms in total. The van der Waals surface area contributed by atoms with E-state index in [9.17, 15) is 20.2 Å². The highest BCUT2D eigenvalue weighted by molar-refractivity contribution is 6.33. The van der Waals surface area contributed by atoms with E-state index in [1.165, 1.54) is 6.20 Å². The molecule has 35 heavy (non-hydrogen) atoms.